The van der Waals surface area contributed by atoms with E-state index >= 15 is 0 Å². The lowest BCUT2D eigenvalue weighted by molar-refractivity contribution is -0.130. The zero-order valence-corrected chi connectivity index (χ0v) is 14.2. The summed E-state index contributed by atoms with van der Waals surface area (Å²) in [6.45, 7) is 1.02. The number of hydrogen-bond acceptors (Lipinski definition) is 6. The Morgan fingerprint density at radius 1 is 1.36 bits per heavy atom. The highest BCUT2D eigenvalue weighted by Gasteiger charge is 2.45. The van der Waals surface area contributed by atoms with Crippen molar-refractivity contribution >= 4 is 23.0 Å². The Kier molecular flexibility index (Phi) is 4.19. The summed E-state index contributed by atoms with van der Waals surface area (Å²) in [5, 5.41) is 12.3. The maximum Gasteiger partial charge on any atom is 0.290 e. The third kappa shape index (κ3) is 2.79. The predicted molar refractivity (Wildman–Crippen MR) is 90.4 cm³/mol. The van der Waals surface area contributed by atoms with Crippen molar-refractivity contribution in [1.82, 2.24) is 4.90 Å². The number of furan rings is 1. The minimum Gasteiger partial charge on any atom is -0.503 e. The van der Waals surface area contributed by atoms with E-state index in [1.165, 1.54) is 28.6 Å². The topological polar surface area (TPSA) is 80.0 Å². The average molecular weight is 359 g/mol. The number of rotatable bonds is 5. The van der Waals surface area contributed by atoms with E-state index < -0.39 is 23.5 Å². The second kappa shape index (κ2) is 6.50. The summed E-state index contributed by atoms with van der Waals surface area (Å²) in [5.74, 6) is -1.40. The molecule has 1 fully saturated rings. The van der Waals surface area contributed by atoms with E-state index in [-0.39, 0.29) is 17.4 Å². The van der Waals surface area contributed by atoms with Crippen LogP contribution in [0, 0.1) is 0 Å². The van der Waals surface area contributed by atoms with Gasteiger partial charge in [0.1, 0.15) is 0 Å². The zero-order chi connectivity index (χ0) is 17.4. The molecule has 0 aromatic carbocycles. The van der Waals surface area contributed by atoms with Crippen molar-refractivity contribution in [2.45, 2.75) is 25.0 Å². The van der Waals surface area contributed by atoms with Gasteiger partial charge < -0.3 is 19.2 Å². The summed E-state index contributed by atoms with van der Waals surface area (Å²) in [6, 6.07) is 6.24. The monoisotopic (exact) mass is 359 g/mol. The number of carbonyl (C=O) groups is 2. The molecule has 0 radical (unpaired) electrons. The van der Waals surface area contributed by atoms with Crippen LogP contribution in [0.25, 0.3) is 0 Å². The molecule has 4 rings (SSSR count). The Hall–Kier alpha value is -2.38. The molecule has 2 aromatic heterocycles. The third-order valence-corrected chi connectivity index (χ3v) is 5.45. The van der Waals surface area contributed by atoms with Crippen LogP contribution in [0.3, 0.4) is 0 Å². The van der Waals surface area contributed by atoms with E-state index in [9.17, 15) is 14.7 Å². The van der Waals surface area contributed by atoms with Gasteiger partial charge in [0.25, 0.3) is 5.91 Å². The summed E-state index contributed by atoms with van der Waals surface area (Å²) < 4.78 is 10.8. The van der Waals surface area contributed by atoms with E-state index in [0.717, 1.165) is 17.7 Å². The normalized spacial score (nSPS) is 23.7. The van der Waals surface area contributed by atoms with Crippen molar-refractivity contribution < 1.29 is 23.8 Å². The molecule has 0 bridgehead atoms. The number of ether oxygens (including phenoxy) is 1. The van der Waals surface area contributed by atoms with E-state index in [0.29, 0.717) is 13.2 Å². The Bertz CT molecular complexity index is 803. The lowest BCUT2D eigenvalue weighted by atomic mass is 10.00. The molecular weight excluding hydrogens is 342 g/mol. The molecule has 0 unspecified atom stereocenters. The van der Waals surface area contributed by atoms with Crippen molar-refractivity contribution in [3.05, 3.63) is 57.9 Å². The van der Waals surface area contributed by atoms with Crippen LogP contribution in [0.2, 0.25) is 0 Å². The fourth-order valence-electron chi connectivity index (χ4n) is 3.36. The molecule has 7 heteroatoms. The molecule has 25 heavy (non-hydrogen) atoms. The summed E-state index contributed by atoms with van der Waals surface area (Å²) in [7, 11) is 0. The summed E-state index contributed by atoms with van der Waals surface area (Å²) in [6.07, 6.45) is 3.14. The Morgan fingerprint density at radius 3 is 2.88 bits per heavy atom. The first-order valence-corrected chi connectivity index (χ1v) is 9.02. The van der Waals surface area contributed by atoms with Crippen molar-refractivity contribution in [2.75, 3.05) is 13.2 Å². The van der Waals surface area contributed by atoms with Crippen LogP contribution in [-0.2, 0) is 9.53 Å². The molecule has 0 aliphatic carbocycles. The van der Waals surface area contributed by atoms with Gasteiger partial charge >= 0.3 is 0 Å². The van der Waals surface area contributed by atoms with Crippen LogP contribution in [0.1, 0.15) is 34.3 Å². The van der Waals surface area contributed by atoms with E-state index in [2.05, 4.69) is 0 Å². The average Bonchev–Trinajstić information content (AvgIpc) is 3.39. The smallest absolute Gasteiger partial charge is 0.290 e. The van der Waals surface area contributed by atoms with Crippen LogP contribution in [0.15, 0.2) is 51.7 Å². The molecule has 2 aliphatic rings. The fraction of sp³-hybridized carbons (Fsp3) is 0.333. The number of Topliss-reactive ketones (excluding diaryl/α,β-unsaturated/α-hetero) is 1. The van der Waals surface area contributed by atoms with Crippen LogP contribution in [-0.4, -0.2) is 41.0 Å². The highest BCUT2D eigenvalue weighted by Crippen LogP contribution is 2.41. The minimum atomic E-state index is -0.616. The molecule has 0 saturated carbocycles. The summed E-state index contributed by atoms with van der Waals surface area (Å²) in [4.78, 5) is 27.9. The van der Waals surface area contributed by atoms with Gasteiger partial charge in [-0.2, -0.15) is 0 Å². The fourth-order valence-corrected chi connectivity index (χ4v) is 4.21. The van der Waals surface area contributed by atoms with Crippen LogP contribution >= 0.6 is 11.3 Å². The Morgan fingerprint density at radius 2 is 2.24 bits per heavy atom. The highest BCUT2D eigenvalue weighted by molar-refractivity contribution is 7.10. The molecule has 1 amide bonds. The number of carbonyl (C=O) groups excluding carboxylic acids is 2. The maximum absolute atomic E-state index is 12.8. The molecule has 2 atom stereocenters. The number of hydrogen-bond donors (Lipinski definition) is 1. The standard InChI is InChI=1S/C18H17NO5S/c20-16(12-5-2-8-24-12)14-15(13-6-3-9-25-13)19(18(22)17(14)21)10-11-4-1-7-23-11/h2-3,5-6,8-9,11,15,21H,1,4,7,10H2/t11-,15+/m1/s1. The van der Waals surface area contributed by atoms with Crippen LogP contribution in [0.5, 0.6) is 0 Å². The lowest BCUT2D eigenvalue weighted by Gasteiger charge is -2.27. The Labute approximate surface area is 148 Å². The molecule has 6 nitrogen and oxygen atoms in total. The number of aliphatic hydroxyl groups excluding tert-OH is 1. The largest absolute Gasteiger partial charge is 0.503 e. The van der Waals surface area contributed by atoms with Gasteiger partial charge in [0.15, 0.2) is 11.5 Å². The quantitative estimate of drug-likeness (QED) is 0.830. The third-order valence-electron chi connectivity index (χ3n) is 4.53. The van der Waals surface area contributed by atoms with E-state index in [1.807, 2.05) is 17.5 Å². The van der Waals surface area contributed by atoms with Gasteiger partial charge in [-0.05, 0) is 36.4 Å². The maximum atomic E-state index is 12.8. The lowest BCUT2D eigenvalue weighted by Crippen LogP contribution is -2.37. The minimum absolute atomic E-state index is 0.0698. The number of amides is 1. The van der Waals surface area contributed by atoms with Gasteiger partial charge in [0, 0.05) is 18.0 Å². The van der Waals surface area contributed by atoms with Crippen molar-refractivity contribution in [2.24, 2.45) is 0 Å². The molecule has 0 spiro atoms. The molecular formula is C18H17NO5S. The zero-order valence-electron chi connectivity index (χ0n) is 13.4. The Balaban J connectivity index is 1.72. The molecule has 2 aliphatic heterocycles. The van der Waals surface area contributed by atoms with Crippen LogP contribution in [0.4, 0.5) is 0 Å². The second-order valence-corrected chi connectivity index (χ2v) is 7.06. The van der Waals surface area contributed by atoms with Gasteiger partial charge in [-0.1, -0.05) is 6.07 Å². The van der Waals surface area contributed by atoms with E-state index in [4.69, 9.17) is 9.15 Å². The van der Waals surface area contributed by atoms with Crippen molar-refractivity contribution in [3.63, 3.8) is 0 Å². The second-order valence-electron chi connectivity index (χ2n) is 6.08. The summed E-state index contributed by atoms with van der Waals surface area (Å²) >= 11 is 1.44. The van der Waals surface area contributed by atoms with Crippen molar-refractivity contribution in [3.8, 4) is 0 Å². The van der Waals surface area contributed by atoms with Crippen LogP contribution < -0.4 is 0 Å². The molecule has 1 N–H and O–H groups in total. The number of nitrogens with zero attached hydrogens (tertiary/aromatic N) is 1. The highest BCUT2D eigenvalue weighted by atomic mass is 32.1. The van der Waals surface area contributed by atoms with Gasteiger partial charge in [-0.3, -0.25) is 9.59 Å². The predicted octanol–water partition coefficient (Wildman–Crippen LogP) is 3.10. The summed E-state index contributed by atoms with van der Waals surface area (Å²) in [5.41, 5.74) is 0.0698. The molecule has 1 saturated heterocycles. The van der Waals surface area contributed by atoms with Gasteiger partial charge in [-0.15, -0.1) is 11.3 Å². The van der Waals surface area contributed by atoms with Gasteiger partial charge in [0.05, 0.1) is 24.0 Å². The first-order valence-electron chi connectivity index (χ1n) is 8.14. The number of aliphatic hydroxyl groups is 1. The first kappa shape index (κ1) is 16.1. The molecule has 130 valence electrons. The molecule has 4 heterocycles. The SMILES string of the molecule is O=C(C1=C(O)C(=O)N(C[C@H]2CCCO2)[C@H]1c1cccs1)c1ccco1. The van der Waals surface area contributed by atoms with Crippen molar-refractivity contribution in [1.29, 1.82) is 0 Å². The number of thiophene rings is 1. The van der Waals surface area contributed by atoms with Gasteiger partial charge in [-0.25, -0.2) is 0 Å². The first-order chi connectivity index (χ1) is 12.2. The number of ketones is 1. The van der Waals surface area contributed by atoms with Gasteiger partial charge in [0.2, 0.25) is 5.78 Å². The van der Waals surface area contributed by atoms with E-state index in [1.54, 1.807) is 6.07 Å². The molecule has 2 aromatic rings.